The van der Waals surface area contributed by atoms with E-state index in [-0.39, 0.29) is 6.23 Å². The van der Waals surface area contributed by atoms with Gasteiger partial charge in [-0.15, -0.1) is 0 Å². The molecule has 1 unspecified atom stereocenters. The van der Waals surface area contributed by atoms with Gasteiger partial charge in [0.15, 0.2) is 8.24 Å². The minimum Gasteiger partial charge on any atom is -0.377 e. The van der Waals surface area contributed by atoms with Crippen LogP contribution in [0.2, 0.25) is 18.6 Å². The minimum absolute atomic E-state index is 0.119. The molecule has 0 aromatic carbocycles. The molecule has 1 fully saturated rings. The lowest BCUT2D eigenvalue weighted by atomic mass is 10.4. The lowest BCUT2D eigenvalue weighted by Crippen LogP contribution is -2.50. The quantitative estimate of drug-likeness (QED) is 0.636. The summed E-state index contributed by atoms with van der Waals surface area (Å²) in [5.74, 6) is 0. The molecule has 1 saturated heterocycles. The van der Waals surface area contributed by atoms with Crippen molar-refractivity contribution in [3.63, 3.8) is 0 Å². The van der Waals surface area contributed by atoms with Crippen LogP contribution in [-0.4, -0.2) is 62.3 Å². The van der Waals surface area contributed by atoms with Crippen LogP contribution in [0, 0.1) is 0 Å². The Balaban J connectivity index is 2.41. The molecule has 0 spiro atoms. The Morgan fingerprint density at radius 1 is 1.22 bits per heavy atom. The van der Waals surface area contributed by atoms with Crippen LogP contribution < -0.4 is 0 Å². The average Bonchev–Trinajstić information content (AvgIpc) is 2.78. The van der Waals surface area contributed by atoms with Crippen LogP contribution in [0.3, 0.4) is 0 Å². The minimum atomic E-state index is -2.44. The molecule has 1 rings (SSSR count). The van der Waals surface area contributed by atoms with E-state index in [2.05, 4.69) is 11.1 Å². The molecular formula is C11H26NO4Si2. The highest BCUT2D eigenvalue weighted by Crippen LogP contribution is 2.26. The van der Waals surface area contributed by atoms with E-state index in [9.17, 15) is 5.11 Å². The summed E-state index contributed by atoms with van der Waals surface area (Å²) >= 11 is 0. The first kappa shape index (κ1) is 16.3. The Morgan fingerprint density at radius 2 is 1.83 bits per heavy atom. The summed E-state index contributed by atoms with van der Waals surface area (Å²) in [5.41, 5.74) is 0. The van der Waals surface area contributed by atoms with E-state index < -0.39 is 17.0 Å². The van der Waals surface area contributed by atoms with Crippen LogP contribution in [-0.2, 0) is 18.4 Å². The molecule has 107 valence electrons. The van der Waals surface area contributed by atoms with Crippen molar-refractivity contribution in [2.45, 2.75) is 31.5 Å². The van der Waals surface area contributed by atoms with Gasteiger partial charge >= 0.3 is 8.80 Å². The summed E-state index contributed by atoms with van der Waals surface area (Å²) in [4.78, 5) is 0. The smallest absolute Gasteiger partial charge is 0.377 e. The van der Waals surface area contributed by atoms with E-state index in [0.29, 0.717) is 0 Å². The maximum absolute atomic E-state index is 11.3. The Kier molecular flexibility index (Phi) is 6.45. The van der Waals surface area contributed by atoms with Gasteiger partial charge < -0.3 is 17.8 Å². The largest absolute Gasteiger partial charge is 0.500 e. The van der Waals surface area contributed by atoms with Crippen molar-refractivity contribution in [1.82, 2.24) is 4.57 Å². The molecule has 0 saturated carbocycles. The van der Waals surface area contributed by atoms with Gasteiger partial charge in [-0.05, 0) is 32.0 Å². The summed E-state index contributed by atoms with van der Waals surface area (Å²) in [5, 5.41) is 11.3. The molecule has 0 N–H and O–H groups in total. The van der Waals surface area contributed by atoms with E-state index >= 15 is 0 Å². The van der Waals surface area contributed by atoms with E-state index in [1.165, 1.54) is 6.42 Å². The molecule has 1 heterocycles. The van der Waals surface area contributed by atoms with Gasteiger partial charge in [0, 0.05) is 27.4 Å². The van der Waals surface area contributed by atoms with Crippen LogP contribution >= 0.6 is 0 Å². The summed E-state index contributed by atoms with van der Waals surface area (Å²) in [6, 6.07) is 1.97. The molecule has 18 heavy (non-hydrogen) atoms. The maximum Gasteiger partial charge on any atom is 0.500 e. The van der Waals surface area contributed by atoms with E-state index in [4.69, 9.17) is 13.3 Å². The van der Waals surface area contributed by atoms with Gasteiger partial charge in [0.1, 0.15) is 0 Å². The molecule has 0 aromatic rings. The van der Waals surface area contributed by atoms with Gasteiger partial charge in [-0.2, -0.15) is 0 Å². The third-order valence-corrected chi connectivity index (χ3v) is 10.9. The molecule has 1 radical (unpaired) electrons. The normalized spacial score (nSPS) is 25.8. The predicted molar refractivity (Wildman–Crippen MR) is 74.4 cm³/mol. The second kappa shape index (κ2) is 7.13. The van der Waals surface area contributed by atoms with Crippen LogP contribution in [0.5, 0.6) is 0 Å². The second-order valence-electron chi connectivity index (χ2n) is 5.13. The third-order valence-electron chi connectivity index (χ3n) is 4.06. The highest BCUT2D eigenvalue weighted by atomic mass is 28.4. The van der Waals surface area contributed by atoms with Crippen molar-refractivity contribution in [2.24, 2.45) is 0 Å². The molecule has 1 aliphatic rings. The van der Waals surface area contributed by atoms with Crippen LogP contribution in [0.4, 0.5) is 0 Å². The van der Waals surface area contributed by atoms with Gasteiger partial charge in [0.2, 0.25) is 0 Å². The summed E-state index contributed by atoms with van der Waals surface area (Å²) in [6.45, 7) is 4.28. The SMILES string of the molecule is CO[Si](CCCN1CCC[Si]1(C)C[O])(OC)OC. The molecule has 1 atom stereocenters. The Bertz CT molecular complexity index is 245. The zero-order valence-corrected chi connectivity index (χ0v) is 14.0. The predicted octanol–water partition coefficient (Wildman–Crippen LogP) is 1.51. The first-order valence-corrected chi connectivity index (χ1v) is 11.3. The standard InChI is InChI=1S/C11H26NO4Si2/c1-14-18(15-2,16-3)10-6-8-12-7-5-9-17(12,4)11-13/h5-11H2,1-4H3. The fourth-order valence-corrected chi connectivity index (χ4v) is 7.33. The maximum atomic E-state index is 11.3. The summed E-state index contributed by atoms with van der Waals surface area (Å²) < 4.78 is 18.7. The van der Waals surface area contributed by atoms with E-state index in [1.54, 1.807) is 21.3 Å². The molecule has 7 heteroatoms. The van der Waals surface area contributed by atoms with Gasteiger partial charge in [-0.3, -0.25) is 0 Å². The van der Waals surface area contributed by atoms with Crippen molar-refractivity contribution in [3.05, 3.63) is 0 Å². The second-order valence-corrected chi connectivity index (χ2v) is 12.6. The molecule has 0 aromatic heterocycles. The first-order valence-electron chi connectivity index (χ1n) is 6.54. The fraction of sp³-hybridized carbons (Fsp3) is 1.00. The van der Waals surface area contributed by atoms with Crippen LogP contribution in [0.1, 0.15) is 12.8 Å². The lowest BCUT2D eigenvalue weighted by Gasteiger charge is -2.32. The number of nitrogens with zero attached hydrogens (tertiary/aromatic N) is 1. The summed E-state index contributed by atoms with van der Waals surface area (Å²) in [7, 11) is 0.852. The molecular weight excluding hydrogens is 266 g/mol. The van der Waals surface area contributed by atoms with Gasteiger partial charge in [-0.1, -0.05) is 6.55 Å². The number of hydrogen-bond acceptors (Lipinski definition) is 4. The Morgan fingerprint density at radius 3 is 2.33 bits per heavy atom. The zero-order valence-electron chi connectivity index (χ0n) is 12.0. The molecule has 0 bridgehead atoms. The van der Waals surface area contributed by atoms with E-state index in [0.717, 1.165) is 31.6 Å². The molecule has 5 nitrogen and oxygen atoms in total. The molecule has 0 aliphatic carbocycles. The highest BCUT2D eigenvalue weighted by molar-refractivity contribution is 6.76. The number of hydrogen-bond donors (Lipinski definition) is 0. The van der Waals surface area contributed by atoms with Crippen molar-refractivity contribution in [3.8, 4) is 0 Å². The third kappa shape index (κ3) is 3.63. The fourth-order valence-electron chi connectivity index (χ4n) is 2.67. The topological polar surface area (TPSA) is 50.8 Å². The van der Waals surface area contributed by atoms with E-state index in [1.807, 2.05) is 0 Å². The van der Waals surface area contributed by atoms with Gasteiger partial charge in [-0.25, -0.2) is 5.11 Å². The van der Waals surface area contributed by atoms with Crippen LogP contribution in [0.25, 0.3) is 0 Å². The van der Waals surface area contributed by atoms with Crippen molar-refractivity contribution in [1.29, 1.82) is 0 Å². The van der Waals surface area contributed by atoms with Crippen molar-refractivity contribution < 1.29 is 18.4 Å². The zero-order chi connectivity index (χ0) is 13.6. The molecule has 0 amide bonds. The lowest BCUT2D eigenvalue weighted by molar-refractivity contribution is 0.122. The monoisotopic (exact) mass is 292 g/mol. The Labute approximate surface area is 112 Å². The highest BCUT2D eigenvalue weighted by Gasteiger charge is 2.41. The molecule has 1 aliphatic heterocycles. The van der Waals surface area contributed by atoms with Crippen LogP contribution in [0.15, 0.2) is 0 Å². The summed E-state index contributed by atoms with van der Waals surface area (Å²) in [6.07, 6.45) is 2.28. The van der Waals surface area contributed by atoms with Crippen molar-refractivity contribution in [2.75, 3.05) is 40.6 Å². The Hall–Kier alpha value is 0.234. The van der Waals surface area contributed by atoms with Gasteiger partial charge in [0.05, 0.1) is 6.23 Å². The average molecular weight is 293 g/mol. The van der Waals surface area contributed by atoms with Crippen molar-refractivity contribution >= 4 is 17.0 Å². The number of rotatable bonds is 8. The van der Waals surface area contributed by atoms with Gasteiger partial charge in [0.25, 0.3) is 0 Å². The first-order chi connectivity index (χ1) is 8.55.